The van der Waals surface area contributed by atoms with Crippen molar-refractivity contribution in [3.05, 3.63) is 0 Å². The van der Waals surface area contributed by atoms with Crippen LogP contribution in [0, 0.1) is 23.7 Å². The Morgan fingerprint density at radius 1 is 0.376 bits per heavy atom. The maximum Gasteiger partial charge on any atom is 0.303 e. The number of likely N-dealkylation sites (tertiary alicyclic amines) is 1. The van der Waals surface area contributed by atoms with Gasteiger partial charge in [-0.3, -0.25) is 101 Å². The number of amides is 7. The third-order valence-corrected chi connectivity index (χ3v) is 16.3. The number of nitrogens with one attached hydrogen (secondary N) is 6. The van der Waals surface area contributed by atoms with Crippen molar-refractivity contribution < 1.29 is 151 Å². The van der Waals surface area contributed by atoms with Crippen LogP contribution in [-0.2, 0) is 105 Å². The van der Waals surface area contributed by atoms with Crippen LogP contribution >= 0.6 is 0 Å². The summed E-state index contributed by atoms with van der Waals surface area (Å²) >= 11 is 0. The molecule has 1 heterocycles. The van der Waals surface area contributed by atoms with E-state index in [-0.39, 0.29) is 31.8 Å². The molecule has 1 aliphatic heterocycles. The molecule has 0 aliphatic carbocycles. The number of ketones is 5. The summed E-state index contributed by atoms with van der Waals surface area (Å²) in [6.07, 6.45) is -17.2. The van der Waals surface area contributed by atoms with E-state index in [1.54, 1.807) is 0 Å². The average Bonchev–Trinajstić information content (AvgIpc) is 1.85. The van der Waals surface area contributed by atoms with E-state index in [0.29, 0.717) is 19.4 Å². The summed E-state index contributed by atoms with van der Waals surface area (Å²) < 4.78 is 5.42. The molecule has 0 spiro atoms. The number of carboxylic acid groups (broad SMARTS) is 9. The van der Waals surface area contributed by atoms with Gasteiger partial charge in [0, 0.05) is 140 Å². The van der Waals surface area contributed by atoms with E-state index in [4.69, 9.17) is 4.74 Å². The Kier molecular flexibility index (Phi) is 41.3. The summed E-state index contributed by atoms with van der Waals surface area (Å²) in [4.78, 5) is 271. The summed E-state index contributed by atoms with van der Waals surface area (Å²) in [5, 5.41) is 99.7. The lowest BCUT2D eigenvalue weighted by molar-refractivity contribution is -0.142. The van der Waals surface area contributed by atoms with Crippen molar-refractivity contribution in [3.8, 4) is 0 Å². The van der Waals surface area contributed by atoms with Gasteiger partial charge in [0.15, 0.2) is 28.9 Å². The standard InChI is InChI=1S/C63H91N7O31/c1-3-48(76)65-38(13-22-55(88)89)44(72)28-33(8-17-50(78)79)60(97)67-40(15-24-57(92)93)46(74)30-35(10-19-52(82)83)62(99)69-41(16-25-58(94)95)47(75)31-36(11-20-53(84)85)61(98)68-39(14-23-56(90)91)45(73)29-34(9-18-51(80)81)59(96)66-37(12-21-54(86)87)43(71)7-5-27-101-32-49(77)70-26-4-6-42(70)63(100)64-2/h33-42H,3-32H2,1-2H3,(H,64,100)(H,65,76)(H,66,96)(H,67,97)(H,68,98)(H,69,99)(H,78,79)(H,80,81)(H,82,83)(H,84,85)(H,86,87)(H,88,89)(H,90,91)(H,92,93)(H,94,95)/t33?,34-,35-,36-,37+,38+,39+,40+,41+,42-/m0/s1. The molecule has 38 heteroatoms. The molecule has 0 aromatic rings. The largest absolute Gasteiger partial charge is 0.481 e. The number of carboxylic acids is 9. The second-order valence-corrected chi connectivity index (χ2v) is 24.1. The molecule has 0 aromatic carbocycles. The zero-order chi connectivity index (χ0) is 76.6. The maximum atomic E-state index is 14.3. The summed E-state index contributed by atoms with van der Waals surface area (Å²) in [7, 11) is 1.41. The predicted molar refractivity (Wildman–Crippen MR) is 338 cm³/mol. The number of hydrogen-bond acceptors (Lipinski definition) is 22. The van der Waals surface area contributed by atoms with Crippen LogP contribution in [0.1, 0.15) is 180 Å². The molecular formula is C63H91N7O31. The lowest BCUT2D eigenvalue weighted by Gasteiger charge is -2.26. The molecule has 564 valence electrons. The Hall–Kier alpha value is -10.2. The SMILES string of the molecule is CCC(=O)N[C@H](CCC(=O)O)C(=O)CC(CCC(=O)O)C(=O)N[C@H](CCC(=O)O)C(=O)C[C@H](CCC(=O)O)C(=O)N[C@H](CCC(=O)O)C(=O)C[C@H](CCC(=O)O)C(=O)N[C@H](CCC(=O)O)C(=O)C[C@H](CCC(=O)O)C(=O)N[C@H](CCC(=O)O)C(=O)CCCOCC(=O)N1CCC[C@H]1C(=O)NC. The number of hydrogen-bond donors (Lipinski definition) is 15. The van der Waals surface area contributed by atoms with Crippen LogP contribution in [0.4, 0.5) is 0 Å². The number of rotatable bonds is 57. The van der Waals surface area contributed by atoms with E-state index in [9.17, 15) is 147 Å². The molecule has 1 saturated heterocycles. The van der Waals surface area contributed by atoms with Gasteiger partial charge in [0.2, 0.25) is 41.4 Å². The van der Waals surface area contributed by atoms with Gasteiger partial charge in [-0.15, -0.1) is 0 Å². The van der Waals surface area contributed by atoms with Gasteiger partial charge in [-0.25, -0.2) is 0 Å². The van der Waals surface area contributed by atoms with Crippen molar-refractivity contribution >= 4 is 124 Å². The van der Waals surface area contributed by atoms with Gasteiger partial charge in [-0.1, -0.05) is 6.92 Å². The van der Waals surface area contributed by atoms with E-state index in [1.807, 2.05) is 0 Å². The highest BCUT2D eigenvalue weighted by atomic mass is 16.5. The third-order valence-electron chi connectivity index (χ3n) is 16.3. The summed E-state index contributed by atoms with van der Waals surface area (Å²) in [5.74, 6) is -32.5. The van der Waals surface area contributed by atoms with Crippen LogP contribution in [0.25, 0.3) is 0 Å². The van der Waals surface area contributed by atoms with Gasteiger partial charge in [0.25, 0.3) is 0 Å². The molecule has 1 rings (SSSR count). The van der Waals surface area contributed by atoms with Crippen molar-refractivity contribution in [1.29, 1.82) is 0 Å². The first-order valence-electron chi connectivity index (χ1n) is 32.6. The summed E-state index contributed by atoms with van der Waals surface area (Å²) in [5.41, 5.74) is 0. The Morgan fingerprint density at radius 3 is 0.911 bits per heavy atom. The van der Waals surface area contributed by atoms with Crippen molar-refractivity contribution in [2.24, 2.45) is 23.7 Å². The van der Waals surface area contributed by atoms with E-state index in [1.165, 1.54) is 18.9 Å². The third kappa shape index (κ3) is 37.0. The molecule has 0 bridgehead atoms. The number of ether oxygens (including phenoxy) is 1. The molecule has 101 heavy (non-hydrogen) atoms. The molecule has 0 aromatic heterocycles. The van der Waals surface area contributed by atoms with Crippen molar-refractivity contribution in [2.75, 3.05) is 26.8 Å². The number of carbonyl (C=O) groups excluding carboxylic acids is 12. The fourth-order valence-electron chi connectivity index (χ4n) is 10.7. The number of Topliss-reactive ketones (excluding diaryl/α,β-unsaturated/α-hetero) is 5. The van der Waals surface area contributed by atoms with Gasteiger partial charge < -0.3 is 87.5 Å². The lowest BCUT2D eigenvalue weighted by atomic mass is 9.88. The Morgan fingerprint density at radius 2 is 0.644 bits per heavy atom. The van der Waals surface area contributed by atoms with Gasteiger partial charge in [-0.2, -0.15) is 0 Å². The smallest absolute Gasteiger partial charge is 0.303 e. The molecule has 38 nitrogen and oxygen atoms in total. The highest BCUT2D eigenvalue weighted by molar-refractivity contribution is 5.99. The van der Waals surface area contributed by atoms with E-state index in [0.717, 1.165) is 0 Å². The van der Waals surface area contributed by atoms with Gasteiger partial charge >= 0.3 is 53.7 Å². The lowest BCUT2D eigenvalue weighted by Crippen LogP contribution is -2.49. The van der Waals surface area contributed by atoms with Crippen LogP contribution in [0.3, 0.4) is 0 Å². The topological polar surface area (TPSA) is 625 Å². The van der Waals surface area contributed by atoms with Crippen LogP contribution < -0.4 is 31.9 Å². The minimum Gasteiger partial charge on any atom is -0.481 e. The first-order valence-corrected chi connectivity index (χ1v) is 32.6. The zero-order valence-electron chi connectivity index (χ0n) is 55.9. The second-order valence-electron chi connectivity index (χ2n) is 24.1. The highest BCUT2D eigenvalue weighted by Gasteiger charge is 2.38. The molecule has 10 atom stereocenters. The van der Waals surface area contributed by atoms with Crippen molar-refractivity contribution in [2.45, 2.75) is 217 Å². The molecule has 15 N–H and O–H groups in total. The minimum absolute atomic E-state index is 0.0718. The predicted octanol–water partition coefficient (Wildman–Crippen LogP) is -0.992. The quantitative estimate of drug-likeness (QED) is 0.0325. The van der Waals surface area contributed by atoms with Crippen LogP contribution in [-0.4, -0.2) is 238 Å². The van der Waals surface area contributed by atoms with Crippen LogP contribution in [0.5, 0.6) is 0 Å². The minimum atomic E-state index is -1.99. The summed E-state index contributed by atoms with van der Waals surface area (Å²) in [6.45, 7) is 1.05. The fourth-order valence-corrected chi connectivity index (χ4v) is 10.7. The summed E-state index contributed by atoms with van der Waals surface area (Å²) in [6, 6.07) is -9.59. The normalized spacial score (nSPS) is 15.1. The Balaban J connectivity index is 3.67. The van der Waals surface area contributed by atoms with Crippen LogP contribution in [0.15, 0.2) is 0 Å². The number of carbonyl (C=O) groups is 21. The number of nitrogens with zero attached hydrogens (tertiary/aromatic N) is 1. The van der Waals surface area contributed by atoms with Crippen molar-refractivity contribution in [3.63, 3.8) is 0 Å². The highest BCUT2D eigenvalue weighted by Crippen LogP contribution is 2.24. The molecular weight excluding hydrogens is 1350 g/mol. The zero-order valence-corrected chi connectivity index (χ0v) is 55.9. The molecule has 1 aliphatic rings. The van der Waals surface area contributed by atoms with Gasteiger partial charge in [0.1, 0.15) is 12.6 Å². The second kappa shape index (κ2) is 47.0. The Bertz CT molecular complexity index is 3020. The van der Waals surface area contributed by atoms with E-state index in [2.05, 4.69) is 31.9 Å². The molecule has 0 radical (unpaired) electrons. The van der Waals surface area contributed by atoms with E-state index < -0.39 is 326 Å². The van der Waals surface area contributed by atoms with Gasteiger partial charge in [0.05, 0.1) is 30.2 Å². The van der Waals surface area contributed by atoms with Gasteiger partial charge in [-0.05, 0) is 77.0 Å². The number of aliphatic carboxylic acids is 9. The Labute approximate surface area is 577 Å². The average molecular weight is 1440 g/mol. The molecule has 7 amide bonds. The first kappa shape index (κ1) is 88.8. The van der Waals surface area contributed by atoms with Crippen LogP contribution in [0.2, 0.25) is 0 Å². The van der Waals surface area contributed by atoms with E-state index >= 15 is 0 Å². The first-order chi connectivity index (χ1) is 47.4. The van der Waals surface area contributed by atoms with Crippen molar-refractivity contribution in [1.82, 2.24) is 36.8 Å². The number of likely N-dealkylation sites (N-methyl/N-ethyl adjacent to an activating group) is 1. The molecule has 1 fully saturated rings. The maximum absolute atomic E-state index is 14.3. The molecule has 1 unspecified atom stereocenters. The molecule has 0 saturated carbocycles. The fraction of sp³-hybridized carbons (Fsp3) is 0.667. The monoisotopic (exact) mass is 1440 g/mol.